The molecule has 0 aliphatic rings. The number of primary amides is 2. The van der Waals surface area contributed by atoms with Crippen molar-refractivity contribution in [2.24, 2.45) is 11.5 Å². The highest BCUT2D eigenvalue weighted by atomic mass is 31.2. The molecule has 0 aliphatic heterocycles. The highest BCUT2D eigenvalue weighted by Crippen LogP contribution is 2.63. The summed E-state index contributed by atoms with van der Waals surface area (Å²) < 4.78 is 24.6. The molecule has 0 saturated heterocycles. The summed E-state index contributed by atoms with van der Waals surface area (Å²) in [6.07, 6.45) is 1.23. The lowest BCUT2D eigenvalue weighted by molar-refractivity contribution is -0.120. The molecular weight excluding hydrogens is 383 g/mol. The van der Waals surface area contributed by atoms with Crippen molar-refractivity contribution >= 4 is 25.5 Å². The molecule has 9 heteroatoms. The third-order valence-corrected chi connectivity index (χ3v) is 5.68. The summed E-state index contributed by atoms with van der Waals surface area (Å²) in [5.41, 5.74) is 8.99. The maximum absolute atomic E-state index is 13.4. The summed E-state index contributed by atoms with van der Waals surface area (Å²) >= 11 is 0. The van der Waals surface area contributed by atoms with Crippen LogP contribution in [-0.2, 0) is 23.2 Å². The largest absolute Gasteiger partial charge is 0.376 e. The summed E-state index contributed by atoms with van der Waals surface area (Å²) in [5, 5.41) is 10.7. The van der Waals surface area contributed by atoms with Crippen molar-refractivity contribution in [1.29, 1.82) is 0 Å². The first-order valence-electron chi connectivity index (χ1n) is 8.65. The average Bonchev–Trinajstić information content (AvgIpc) is 2.48. The lowest BCUT2D eigenvalue weighted by atomic mass is 10.1. The smallest absolute Gasteiger partial charge is 0.364 e. The summed E-state index contributed by atoms with van der Waals surface area (Å²) in [6, 6.07) is 6.01. The summed E-state index contributed by atoms with van der Waals surface area (Å²) in [6.45, 7) is 10.3. The van der Waals surface area contributed by atoms with E-state index in [9.17, 15) is 19.3 Å². The number of rotatable bonds is 7. The van der Waals surface area contributed by atoms with Gasteiger partial charge in [-0.2, -0.15) is 0 Å². The van der Waals surface area contributed by atoms with Crippen molar-refractivity contribution in [3.05, 3.63) is 41.0 Å². The number of carbonyl (C=O) groups is 2. The van der Waals surface area contributed by atoms with Gasteiger partial charge in [-0.1, -0.05) is 24.3 Å². The van der Waals surface area contributed by atoms with Gasteiger partial charge in [0.25, 0.3) is 11.8 Å². The topological polar surface area (TPSA) is 142 Å². The van der Waals surface area contributed by atoms with E-state index in [0.717, 1.165) is 0 Å². The summed E-state index contributed by atoms with van der Waals surface area (Å²) in [4.78, 5) is 22.5. The predicted molar refractivity (Wildman–Crippen MR) is 107 cm³/mol. The molecule has 2 amide bonds. The van der Waals surface area contributed by atoms with E-state index in [1.807, 2.05) is 0 Å². The molecule has 156 valence electrons. The zero-order valence-corrected chi connectivity index (χ0v) is 17.9. The monoisotopic (exact) mass is 412 g/mol. The maximum Gasteiger partial charge on any atom is 0.364 e. The summed E-state index contributed by atoms with van der Waals surface area (Å²) in [5.74, 6) is -3.42. The third kappa shape index (κ3) is 7.20. The van der Waals surface area contributed by atoms with Crippen LogP contribution in [0.1, 0.15) is 58.5 Å². The van der Waals surface area contributed by atoms with Crippen molar-refractivity contribution in [3.8, 4) is 0 Å². The quantitative estimate of drug-likeness (QED) is 0.272. The molecule has 0 aromatic heterocycles. The van der Waals surface area contributed by atoms with Gasteiger partial charge in [0.15, 0.2) is 5.85 Å². The predicted octanol–water partition coefficient (Wildman–Crippen LogP) is 2.85. The number of nitrogens with two attached hydrogens (primary N) is 2. The Hall–Kier alpha value is -1.99. The highest BCUT2D eigenvalue weighted by Gasteiger charge is 2.42. The Morgan fingerprint density at radius 1 is 0.964 bits per heavy atom. The van der Waals surface area contributed by atoms with E-state index in [-0.39, 0.29) is 11.1 Å². The van der Waals surface area contributed by atoms with Crippen LogP contribution in [0.25, 0.3) is 6.08 Å². The molecule has 0 heterocycles. The van der Waals surface area contributed by atoms with Crippen LogP contribution in [0.5, 0.6) is 0 Å². The van der Waals surface area contributed by atoms with Crippen LogP contribution in [0.2, 0.25) is 0 Å². The van der Waals surface area contributed by atoms with Crippen molar-refractivity contribution in [3.63, 3.8) is 0 Å². The minimum atomic E-state index is -3.96. The Morgan fingerprint density at radius 2 is 1.36 bits per heavy atom. The molecule has 0 fully saturated rings. The van der Waals surface area contributed by atoms with Crippen LogP contribution < -0.4 is 11.5 Å². The first-order valence-corrected chi connectivity index (χ1v) is 10.3. The second kappa shape index (κ2) is 8.57. The van der Waals surface area contributed by atoms with Gasteiger partial charge in [-0.25, -0.2) is 0 Å². The van der Waals surface area contributed by atoms with Crippen molar-refractivity contribution in [2.45, 2.75) is 58.6 Å². The van der Waals surface area contributed by atoms with Gasteiger partial charge in [0.05, 0.1) is 11.2 Å². The van der Waals surface area contributed by atoms with Crippen LogP contribution >= 0.6 is 7.60 Å². The molecule has 0 saturated carbocycles. The first-order chi connectivity index (χ1) is 12.5. The molecule has 0 aliphatic carbocycles. The van der Waals surface area contributed by atoms with Gasteiger partial charge in [-0.3, -0.25) is 14.2 Å². The Labute approximate surface area is 165 Å². The van der Waals surface area contributed by atoms with E-state index in [2.05, 4.69) is 0 Å². The Balaban J connectivity index is 3.26. The van der Waals surface area contributed by atoms with Gasteiger partial charge >= 0.3 is 7.60 Å². The van der Waals surface area contributed by atoms with E-state index < -0.39 is 36.5 Å². The molecule has 1 aromatic rings. The van der Waals surface area contributed by atoms with E-state index in [0.29, 0.717) is 5.56 Å². The van der Waals surface area contributed by atoms with Gasteiger partial charge in [0.2, 0.25) is 0 Å². The zero-order valence-electron chi connectivity index (χ0n) is 17.1. The van der Waals surface area contributed by atoms with Crippen molar-refractivity contribution in [2.75, 3.05) is 0 Å². The fourth-order valence-electron chi connectivity index (χ4n) is 2.26. The van der Waals surface area contributed by atoms with Gasteiger partial charge in [-0.05, 0) is 58.7 Å². The lowest BCUT2D eigenvalue weighted by Crippen LogP contribution is -2.26. The number of benzene rings is 1. The van der Waals surface area contributed by atoms with Gasteiger partial charge in [0.1, 0.15) is 5.57 Å². The minimum Gasteiger partial charge on any atom is -0.376 e. The van der Waals surface area contributed by atoms with E-state index in [1.165, 1.54) is 30.3 Å². The SMILES string of the molecule is CC(C)(C)OP(=O)(OC(C)(C)C)C(O)c1ccc(C=C(C(N)=O)C(N)=O)cc1. The normalized spacial score (nSPS) is 13.7. The molecule has 5 N–H and O–H groups in total. The second-order valence-corrected chi connectivity index (χ2v) is 10.2. The van der Waals surface area contributed by atoms with Crippen LogP contribution in [0.3, 0.4) is 0 Å². The molecule has 8 nitrogen and oxygen atoms in total. The number of aliphatic hydroxyl groups excluding tert-OH is 1. The molecule has 0 spiro atoms. The van der Waals surface area contributed by atoms with E-state index in [4.69, 9.17) is 20.5 Å². The average molecular weight is 412 g/mol. The number of carbonyl (C=O) groups excluding carboxylic acids is 2. The molecule has 1 rings (SSSR count). The van der Waals surface area contributed by atoms with Crippen LogP contribution in [0.4, 0.5) is 0 Å². The molecular formula is C19H29N2O6P. The molecule has 0 bridgehead atoms. The minimum absolute atomic E-state index is 0.286. The summed E-state index contributed by atoms with van der Waals surface area (Å²) in [7, 11) is -3.96. The standard InChI is InChI=1S/C19H29N2O6P/c1-18(2,3)26-28(25,27-19(4,5)6)17(24)13-9-7-12(8-10-13)11-14(15(20)22)16(21)23/h7-11,17,24H,1-6H3,(H2,20,22)(H2,21,23). The molecule has 28 heavy (non-hydrogen) atoms. The zero-order chi connectivity index (χ0) is 21.9. The molecule has 0 radical (unpaired) electrons. The van der Waals surface area contributed by atoms with Gasteiger partial charge in [-0.15, -0.1) is 0 Å². The molecule has 1 atom stereocenters. The van der Waals surface area contributed by atoms with E-state index >= 15 is 0 Å². The molecule has 1 unspecified atom stereocenters. The highest BCUT2D eigenvalue weighted by molar-refractivity contribution is 7.54. The van der Waals surface area contributed by atoms with Crippen molar-refractivity contribution in [1.82, 2.24) is 0 Å². The van der Waals surface area contributed by atoms with Gasteiger partial charge < -0.3 is 25.6 Å². The van der Waals surface area contributed by atoms with Crippen LogP contribution in [0.15, 0.2) is 29.8 Å². The fourth-order valence-corrected chi connectivity index (χ4v) is 4.56. The Bertz CT molecular complexity index is 767. The number of aliphatic hydroxyl groups is 1. The van der Waals surface area contributed by atoms with Crippen LogP contribution in [-0.4, -0.2) is 28.1 Å². The molecule has 1 aromatic carbocycles. The number of hydrogen-bond acceptors (Lipinski definition) is 6. The number of amides is 2. The van der Waals surface area contributed by atoms with Crippen molar-refractivity contribution < 1.29 is 28.3 Å². The first kappa shape index (κ1) is 24.0. The van der Waals surface area contributed by atoms with E-state index in [1.54, 1.807) is 41.5 Å². The third-order valence-electron chi connectivity index (χ3n) is 3.18. The fraction of sp³-hybridized carbons (Fsp3) is 0.474. The second-order valence-electron chi connectivity index (χ2n) is 8.27. The lowest BCUT2D eigenvalue weighted by Gasteiger charge is -2.34. The van der Waals surface area contributed by atoms with Crippen LogP contribution in [0, 0.1) is 0 Å². The Kier molecular flexibility index (Phi) is 7.36. The maximum atomic E-state index is 13.4. The number of hydrogen-bond donors (Lipinski definition) is 3. The Morgan fingerprint density at radius 3 is 1.68 bits per heavy atom. The van der Waals surface area contributed by atoms with Gasteiger partial charge in [0, 0.05) is 0 Å².